The van der Waals surface area contributed by atoms with Gasteiger partial charge >= 0.3 is 0 Å². The fourth-order valence-electron chi connectivity index (χ4n) is 4.16. The highest BCUT2D eigenvalue weighted by Gasteiger charge is 2.49. The summed E-state index contributed by atoms with van der Waals surface area (Å²) in [4.78, 5) is 8.84. The average Bonchev–Trinajstić information content (AvgIpc) is 3.45. The molecule has 0 spiro atoms. The number of nitriles is 2. The van der Waals surface area contributed by atoms with Crippen molar-refractivity contribution in [3.63, 3.8) is 0 Å². The van der Waals surface area contributed by atoms with Crippen molar-refractivity contribution in [2.45, 2.75) is 51.3 Å². The van der Waals surface area contributed by atoms with Crippen molar-refractivity contribution >= 4 is 29.1 Å². The van der Waals surface area contributed by atoms with E-state index in [9.17, 15) is 18.9 Å². The van der Waals surface area contributed by atoms with Crippen molar-refractivity contribution in [3.8, 4) is 23.4 Å². The first-order valence-electron chi connectivity index (χ1n) is 11.8. The summed E-state index contributed by atoms with van der Waals surface area (Å²) in [5.74, 6) is 0.0391. The van der Waals surface area contributed by atoms with E-state index in [4.69, 9.17) is 4.74 Å². The number of rotatable bonds is 10. The van der Waals surface area contributed by atoms with E-state index in [1.54, 1.807) is 24.0 Å². The van der Waals surface area contributed by atoms with Crippen LogP contribution < -0.4 is 0 Å². The van der Waals surface area contributed by atoms with E-state index in [0.29, 0.717) is 30.2 Å². The molecule has 3 aromatic rings. The Labute approximate surface area is 212 Å². The molecular weight excluding hydrogens is 496 g/mol. The molecule has 0 unspecified atom stereocenters. The van der Waals surface area contributed by atoms with Crippen LogP contribution >= 0.6 is 0 Å². The third kappa shape index (κ3) is 5.06. The monoisotopic (exact) mass is 526 g/mol. The lowest BCUT2D eigenvalue weighted by Gasteiger charge is -2.47. The third-order valence-electron chi connectivity index (χ3n) is 6.40. The number of nitrogens with zero attached hydrogens (tertiary/aromatic N) is 8. The summed E-state index contributed by atoms with van der Waals surface area (Å²) in [5.41, 5.74) is 1.06. The molecule has 0 N–H and O–H groups in total. The molecule has 0 saturated carbocycles. The highest BCUT2D eigenvalue weighted by molar-refractivity contribution is 7.89. The third-order valence-corrected chi connectivity index (χ3v) is 9.87. The minimum Gasteiger partial charge on any atom is -0.361 e. The normalized spacial score (nSPS) is 15.9. The molecule has 1 aliphatic heterocycles. The van der Waals surface area contributed by atoms with Crippen molar-refractivity contribution < 1.29 is 13.2 Å². The molecule has 190 valence electrons. The average molecular weight is 527 g/mol. The molecule has 11 nitrogen and oxygen atoms in total. The zero-order valence-corrected chi connectivity index (χ0v) is 22.8. The molecule has 1 aliphatic rings. The zero-order valence-electron chi connectivity index (χ0n) is 21.0. The molecule has 0 aromatic carbocycles. The summed E-state index contributed by atoms with van der Waals surface area (Å²) in [6.07, 6.45) is 5.37. The van der Waals surface area contributed by atoms with Gasteiger partial charge in [-0.05, 0) is 19.0 Å². The van der Waals surface area contributed by atoms with Crippen LogP contribution in [0.1, 0.15) is 19.2 Å². The Morgan fingerprint density at radius 2 is 1.97 bits per heavy atom. The van der Waals surface area contributed by atoms with Gasteiger partial charge in [0.25, 0.3) is 0 Å². The molecule has 36 heavy (non-hydrogen) atoms. The van der Waals surface area contributed by atoms with Crippen LogP contribution in [-0.2, 0) is 27.0 Å². The number of sulfonamides is 1. The van der Waals surface area contributed by atoms with E-state index < -0.39 is 23.6 Å². The Hall–Kier alpha value is -3.10. The maximum absolute atomic E-state index is 12.2. The van der Waals surface area contributed by atoms with Crippen molar-refractivity contribution in [1.29, 1.82) is 10.5 Å². The first kappa shape index (κ1) is 26.0. The van der Waals surface area contributed by atoms with E-state index >= 15 is 0 Å². The molecule has 4 rings (SSSR count). The molecule has 0 amide bonds. The summed E-state index contributed by atoms with van der Waals surface area (Å²) >= 11 is 0. The van der Waals surface area contributed by atoms with E-state index in [2.05, 4.69) is 40.8 Å². The Morgan fingerprint density at radius 1 is 1.22 bits per heavy atom. The van der Waals surface area contributed by atoms with Crippen LogP contribution in [0.5, 0.6) is 0 Å². The predicted octanol–water partition coefficient (Wildman–Crippen LogP) is 2.75. The van der Waals surface area contributed by atoms with Crippen LogP contribution in [0.4, 0.5) is 0 Å². The van der Waals surface area contributed by atoms with E-state index in [1.165, 1.54) is 4.31 Å². The van der Waals surface area contributed by atoms with Gasteiger partial charge in [-0.15, -0.1) is 0 Å². The molecule has 1 saturated heterocycles. The van der Waals surface area contributed by atoms with Crippen molar-refractivity contribution in [2.75, 3.05) is 25.4 Å². The SMILES string of the molecule is CCS(=O)(=O)N1CC(CC#N)(n2cc(-c3nc(C#N)nc4c3ccn4COCC[Si](C)(C)C)cn2)C1. The Morgan fingerprint density at radius 3 is 2.61 bits per heavy atom. The Kier molecular flexibility index (Phi) is 7.03. The second-order valence-corrected chi connectivity index (χ2v) is 18.2. The molecular formula is C23H30N8O3SSi. The summed E-state index contributed by atoms with van der Waals surface area (Å²) in [6.45, 7) is 9.85. The molecule has 0 aliphatic carbocycles. The van der Waals surface area contributed by atoms with Gasteiger partial charge in [-0.25, -0.2) is 18.4 Å². The van der Waals surface area contributed by atoms with Gasteiger partial charge in [0.1, 0.15) is 24.0 Å². The number of hydrogen-bond acceptors (Lipinski definition) is 8. The van der Waals surface area contributed by atoms with Crippen LogP contribution in [0, 0.1) is 22.7 Å². The van der Waals surface area contributed by atoms with Gasteiger partial charge in [-0.2, -0.15) is 19.9 Å². The summed E-state index contributed by atoms with van der Waals surface area (Å²) in [7, 11) is -4.55. The van der Waals surface area contributed by atoms with E-state index in [0.717, 1.165) is 11.4 Å². The number of aromatic nitrogens is 5. The molecule has 13 heteroatoms. The van der Waals surface area contributed by atoms with Crippen LogP contribution in [-0.4, -0.2) is 70.6 Å². The quantitative estimate of drug-likeness (QED) is 0.290. The standard InChI is InChI=1S/C23H30N8O3SSi/c1-5-35(32,33)30-15-23(16-30,7-8-24)31-14-18(13-26-31)21-19-6-9-29(17-34-10-11-36(2,3)4)22(19)28-20(12-25)27-21/h6,9,13-14H,5,7,10-11,15-17H2,1-4H3. The lowest BCUT2D eigenvalue weighted by Crippen LogP contribution is -2.64. The molecule has 1 fully saturated rings. The number of ether oxygens (including phenoxy) is 1. The minimum absolute atomic E-state index is 0.00862. The maximum Gasteiger partial charge on any atom is 0.234 e. The second-order valence-electron chi connectivity index (χ2n) is 10.3. The first-order valence-corrected chi connectivity index (χ1v) is 17.1. The van der Waals surface area contributed by atoms with Gasteiger partial charge in [0.15, 0.2) is 0 Å². The maximum atomic E-state index is 12.2. The Bertz CT molecular complexity index is 1450. The second kappa shape index (κ2) is 9.75. The molecule has 0 bridgehead atoms. The fraction of sp³-hybridized carbons (Fsp3) is 0.522. The van der Waals surface area contributed by atoms with Gasteiger partial charge in [0.2, 0.25) is 15.8 Å². The molecule has 0 radical (unpaired) electrons. The topological polar surface area (TPSA) is 143 Å². The summed E-state index contributed by atoms with van der Waals surface area (Å²) in [6, 6.07) is 7.13. The van der Waals surface area contributed by atoms with Gasteiger partial charge in [0, 0.05) is 51.1 Å². The van der Waals surface area contributed by atoms with Gasteiger partial charge in [-0.3, -0.25) is 4.68 Å². The van der Waals surface area contributed by atoms with Crippen molar-refractivity contribution in [1.82, 2.24) is 28.6 Å². The lowest BCUT2D eigenvalue weighted by molar-refractivity contribution is 0.0719. The molecule has 4 heterocycles. The highest BCUT2D eigenvalue weighted by atomic mass is 32.2. The van der Waals surface area contributed by atoms with Crippen LogP contribution in [0.15, 0.2) is 24.7 Å². The minimum atomic E-state index is -3.34. The molecule has 3 aromatic heterocycles. The lowest BCUT2D eigenvalue weighted by atomic mass is 9.89. The van der Waals surface area contributed by atoms with Crippen LogP contribution in [0.2, 0.25) is 25.7 Å². The zero-order chi connectivity index (χ0) is 26.1. The largest absolute Gasteiger partial charge is 0.361 e. The summed E-state index contributed by atoms with van der Waals surface area (Å²) in [5, 5.41) is 24.2. The van der Waals surface area contributed by atoms with Gasteiger partial charge < -0.3 is 9.30 Å². The van der Waals surface area contributed by atoms with Crippen LogP contribution in [0.25, 0.3) is 22.3 Å². The van der Waals surface area contributed by atoms with Gasteiger partial charge in [0.05, 0.1) is 30.1 Å². The van der Waals surface area contributed by atoms with Crippen molar-refractivity contribution in [3.05, 3.63) is 30.5 Å². The molecule has 0 atom stereocenters. The fourth-order valence-corrected chi connectivity index (χ4v) is 6.16. The predicted molar refractivity (Wildman–Crippen MR) is 137 cm³/mol. The van der Waals surface area contributed by atoms with Crippen molar-refractivity contribution in [2.24, 2.45) is 0 Å². The number of fused-ring (bicyclic) bond motifs is 1. The first-order chi connectivity index (χ1) is 17.0. The van der Waals surface area contributed by atoms with E-state index in [1.807, 2.05) is 22.9 Å². The van der Waals surface area contributed by atoms with Crippen LogP contribution in [0.3, 0.4) is 0 Å². The highest BCUT2D eigenvalue weighted by Crippen LogP contribution is 2.36. The summed E-state index contributed by atoms with van der Waals surface area (Å²) < 4.78 is 35.3. The number of hydrogen-bond donors (Lipinski definition) is 0. The smallest absolute Gasteiger partial charge is 0.234 e. The van der Waals surface area contributed by atoms with Gasteiger partial charge in [-0.1, -0.05) is 19.6 Å². The van der Waals surface area contributed by atoms with E-state index in [-0.39, 0.29) is 31.1 Å². The Balaban J connectivity index is 1.63.